The Morgan fingerprint density at radius 2 is 1.11 bits per heavy atom. The Balaban J connectivity index is 0.000000160. The third-order valence-corrected chi connectivity index (χ3v) is 6.51. The summed E-state index contributed by atoms with van der Waals surface area (Å²) in [5, 5.41) is 9.87. The molecular formula is C25H36ClN9. The van der Waals surface area contributed by atoms with Crippen LogP contribution < -0.4 is 25.8 Å². The second-order valence-corrected chi connectivity index (χ2v) is 8.91. The fourth-order valence-electron chi connectivity index (χ4n) is 4.63. The van der Waals surface area contributed by atoms with Crippen molar-refractivity contribution in [2.75, 3.05) is 75.2 Å². The lowest BCUT2D eigenvalue weighted by molar-refractivity contribution is 0.573. The molecule has 2 saturated heterocycles. The first kappa shape index (κ1) is 25.2. The smallest absolute Gasteiger partial charge is 0.129 e. The van der Waals surface area contributed by atoms with E-state index in [1.807, 2.05) is 12.4 Å². The van der Waals surface area contributed by atoms with Crippen molar-refractivity contribution in [3.05, 3.63) is 47.8 Å². The molecular weight excluding hydrogens is 462 g/mol. The normalized spacial score (nSPS) is 19.4. The lowest BCUT2D eigenvalue weighted by Gasteiger charge is -2.28. The van der Waals surface area contributed by atoms with Crippen LogP contribution in [0.4, 0.5) is 11.6 Å². The standard InChI is InChI=1S/C13H18N4.C12H17N5.ClH/c1-2-8-17(9-3-1)12-5-4-11(10-16-12)13-14-6-7-15-13;1-2-11(17-7-5-13-6-8-17)16-9-10(1)12-14-3-4-15-12;/h4-5,10H,1-3,6-9H2,(H,14,15);1-2,9,13H,3-8H2,(H,14,15);1H. The van der Waals surface area contributed by atoms with Crippen LogP contribution in [0.3, 0.4) is 0 Å². The van der Waals surface area contributed by atoms with E-state index in [1.54, 1.807) is 0 Å². The third-order valence-electron chi connectivity index (χ3n) is 6.51. The van der Waals surface area contributed by atoms with E-state index in [-0.39, 0.29) is 12.4 Å². The van der Waals surface area contributed by atoms with Crippen LogP contribution >= 0.6 is 12.4 Å². The summed E-state index contributed by atoms with van der Waals surface area (Å²) in [5.74, 6) is 4.13. The number of aromatic nitrogens is 2. The van der Waals surface area contributed by atoms with Crippen LogP contribution in [-0.4, -0.2) is 87.1 Å². The van der Waals surface area contributed by atoms with Crippen LogP contribution in [-0.2, 0) is 0 Å². The maximum atomic E-state index is 4.55. The molecule has 2 aromatic rings. The summed E-state index contributed by atoms with van der Waals surface area (Å²) in [4.78, 5) is 22.5. The fourth-order valence-corrected chi connectivity index (χ4v) is 4.63. The van der Waals surface area contributed by atoms with Gasteiger partial charge in [0.25, 0.3) is 0 Å². The van der Waals surface area contributed by atoms with E-state index in [0.717, 1.165) is 99.9 Å². The lowest BCUT2D eigenvalue weighted by Crippen LogP contribution is -2.43. The fraction of sp³-hybridized carbons (Fsp3) is 0.520. The van der Waals surface area contributed by atoms with Gasteiger partial charge < -0.3 is 25.8 Å². The quantitative estimate of drug-likeness (QED) is 0.591. The van der Waals surface area contributed by atoms with Crippen molar-refractivity contribution in [1.29, 1.82) is 0 Å². The zero-order chi connectivity index (χ0) is 23.0. The van der Waals surface area contributed by atoms with E-state index >= 15 is 0 Å². The van der Waals surface area contributed by atoms with E-state index in [0.29, 0.717) is 0 Å². The molecule has 188 valence electrons. The number of hydrogen-bond donors (Lipinski definition) is 3. The van der Waals surface area contributed by atoms with Crippen molar-refractivity contribution in [3.63, 3.8) is 0 Å². The monoisotopic (exact) mass is 497 g/mol. The molecule has 6 heterocycles. The zero-order valence-corrected chi connectivity index (χ0v) is 21.1. The molecule has 0 aromatic carbocycles. The third kappa shape index (κ3) is 6.61. The minimum absolute atomic E-state index is 0. The number of aliphatic imine (C=N–C) groups is 2. The second kappa shape index (κ2) is 12.7. The van der Waals surface area contributed by atoms with E-state index in [4.69, 9.17) is 0 Å². The van der Waals surface area contributed by atoms with Crippen molar-refractivity contribution in [2.45, 2.75) is 19.3 Å². The number of piperazine rings is 1. The summed E-state index contributed by atoms with van der Waals surface area (Å²) in [7, 11) is 0. The van der Waals surface area contributed by atoms with Crippen LogP contribution in [0.15, 0.2) is 46.6 Å². The maximum absolute atomic E-state index is 4.55. The van der Waals surface area contributed by atoms with Gasteiger partial charge in [0.2, 0.25) is 0 Å². The molecule has 2 fully saturated rings. The molecule has 10 heteroatoms. The van der Waals surface area contributed by atoms with Gasteiger partial charge in [-0.25, -0.2) is 9.97 Å². The average Bonchev–Trinajstić information content (AvgIpc) is 3.66. The number of rotatable bonds is 4. The van der Waals surface area contributed by atoms with Crippen molar-refractivity contribution in [3.8, 4) is 0 Å². The molecule has 0 radical (unpaired) electrons. The topological polar surface area (TPSA) is 93.1 Å². The molecule has 0 spiro atoms. The molecule has 35 heavy (non-hydrogen) atoms. The van der Waals surface area contributed by atoms with Crippen LogP contribution in [0.25, 0.3) is 0 Å². The van der Waals surface area contributed by atoms with E-state index < -0.39 is 0 Å². The Morgan fingerprint density at radius 3 is 1.54 bits per heavy atom. The molecule has 9 nitrogen and oxygen atoms in total. The van der Waals surface area contributed by atoms with E-state index in [9.17, 15) is 0 Å². The molecule has 4 aliphatic rings. The van der Waals surface area contributed by atoms with Gasteiger partial charge in [-0.1, -0.05) is 0 Å². The SMILES string of the molecule is Cl.c1cc(N2CCCCC2)ncc1C1=NCCN1.c1cc(N2CCNCC2)ncc1C1=NCCN1. The molecule has 0 aliphatic carbocycles. The maximum Gasteiger partial charge on any atom is 0.129 e. The number of anilines is 2. The van der Waals surface area contributed by atoms with Gasteiger partial charge in [-0.15, -0.1) is 12.4 Å². The second-order valence-electron chi connectivity index (χ2n) is 8.91. The minimum atomic E-state index is 0. The minimum Gasteiger partial charge on any atom is -0.368 e. The van der Waals surface area contributed by atoms with Crippen LogP contribution in [0, 0.1) is 0 Å². The molecule has 6 rings (SSSR count). The van der Waals surface area contributed by atoms with Gasteiger partial charge in [0.15, 0.2) is 0 Å². The highest BCUT2D eigenvalue weighted by Gasteiger charge is 2.14. The van der Waals surface area contributed by atoms with Crippen LogP contribution in [0.2, 0.25) is 0 Å². The summed E-state index contributed by atoms with van der Waals surface area (Å²) in [5.41, 5.74) is 2.18. The predicted octanol–water partition coefficient (Wildman–Crippen LogP) is 1.68. The van der Waals surface area contributed by atoms with Crippen LogP contribution in [0.5, 0.6) is 0 Å². The lowest BCUT2D eigenvalue weighted by atomic mass is 10.1. The van der Waals surface area contributed by atoms with Gasteiger partial charge in [-0.05, 0) is 43.5 Å². The summed E-state index contributed by atoms with van der Waals surface area (Å²) >= 11 is 0. The Kier molecular flexibility index (Phi) is 9.14. The van der Waals surface area contributed by atoms with Crippen molar-refractivity contribution in [1.82, 2.24) is 25.9 Å². The zero-order valence-electron chi connectivity index (χ0n) is 20.2. The molecule has 4 aliphatic heterocycles. The van der Waals surface area contributed by atoms with Crippen molar-refractivity contribution >= 4 is 35.7 Å². The first-order chi connectivity index (χ1) is 16.9. The number of piperidine rings is 1. The highest BCUT2D eigenvalue weighted by molar-refractivity contribution is 6.00. The number of hydrogen-bond acceptors (Lipinski definition) is 9. The Morgan fingerprint density at radius 1 is 0.600 bits per heavy atom. The number of pyridine rings is 2. The molecule has 3 N–H and O–H groups in total. The van der Waals surface area contributed by atoms with Gasteiger partial charge in [-0.3, -0.25) is 9.98 Å². The molecule has 2 aromatic heterocycles. The number of nitrogens with one attached hydrogen (secondary N) is 3. The van der Waals surface area contributed by atoms with E-state index in [1.165, 1.54) is 19.3 Å². The summed E-state index contributed by atoms with van der Waals surface area (Å²) in [6.07, 6.45) is 7.78. The van der Waals surface area contributed by atoms with Crippen LogP contribution in [0.1, 0.15) is 30.4 Å². The van der Waals surface area contributed by atoms with Gasteiger partial charge in [0.05, 0.1) is 13.1 Å². The highest BCUT2D eigenvalue weighted by Crippen LogP contribution is 2.18. The number of halogens is 1. The van der Waals surface area contributed by atoms with E-state index in [2.05, 4.69) is 70.0 Å². The Hall–Kier alpha value is -2.91. The van der Waals surface area contributed by atoms with Crippen molar-refractivity contribution in [2.24, 2.45) is 9.98 Å². The molecule has 0 bridgehead atoms. The number of amidine groups is 2. The Bertz CT molecular complexity index is 898. The van der Waals surface area contributed by atoms with Gasteiger partial charge in [-0.2, -0.15) is 0 Å². The highest BCUT2D eigenvalue weighted by atomic mass is 35.5. The summed E-state index contributed by atoms with van der Waals surface area (Å²) in [6.45, 7) is 10.1. The predicted molar refractivity (Wildman–Crippen MR) is 146 cm³/mol. The first-order valence-electron chi connectivity index (χ1n) is 12.6. The molecule has 0 atom stereocenters. The van der Waals surface area contributed by atoms with Gasteiger partial charge in [0.1, 0.15) is 23.3 Å². The largest absolute Gasteiger partial charge is 0.368 e. The van der Waals surface area contributed by atoms with Crippen molar-refractivity contribution < 1.29 is 0 Å². The van der Waals surface area contributed by atoms with Gasteiger partial charge >= 0.3 is 0 Å². The first-order valence-corrected chi connectivity index (χ1v) is 12.6. The summed E-state index contributed by atoms with van der Waals surface area (Å²) in [6, 6.07) is 8.42. The molecule has 0 saturated carbocycles. The average molecular weight is 498 g/mol. The number of nitrogens with zero attached hydrogens (tertiary/aromatic N) is 6. The molecule has 0 amide bonds. The van der Waals surface area contributed by atoms with Gasteiger partial charge in [0, 0.05) is 75.9 Å². The summed E-state index contributed by atoms with van der Waals surface area (Å²) < 4.78 is 0. The molecule has 0 unspecified atom stereocenters. The Labute approximate surface area is 213 Å².